The van der Waals surface area contributed by atoms with Gasteiger partial charge in [-0.05, 0) is 18.2 Å². The Balaban J connectivity index is 2.39. The predicted molar refractivity (Wildman–Crippen MR) is 50.8 cm³/mol. The molecule has 2 heterocycles. The van der Waals surface area contributed by atoms with Crippen LogP contribution in [0.3, 0.4) is 0 Å². The normalized spacial score (nSPS) is 11.7. The minimum Gasteiger partial charge on any atom is -0.384 e. The fraction of sp³-hybridized carbons (Fsp3) is 0.111. The molecule has 2 N–H and O–H groups in total. The van der Waals surface area contributed by atoms with Gasteiger partial charge in [-0.3, -0.25) is 0 Å². The van der Waals surface area contributed by atoms with E-state index in [1.165, 1.54) is 18.3 Å². The molecule has 0 saturated carbocycles. The lowest BCUT2D eigenvalue weighted by Gasteiger charge is -2.02. The van der Waals surface area contributed by atoms with Gasteiger partial charge in [0, 0.05) is 6.20 Å². The Bertz CT molecular complexity index is 503. The van der Waals surface area contributed by atoms with E-state index in [1.54, 1.807) is 6.07 Å². The van der Waals surface area contributed by atoms with Crippen molar-refractivity contribution in [2.75, 3.05) is 5.73 Å². The van der Waals surface area contributed by atoms with Gasteiger partial charge in [0.25, 0.3) is 0 Å². The summed E-state index contributed by atoms with van der Waals surface area (Å²) in [6.45, 7) is 0. The Morgan fingerprint density at radius 1 is 1.19 bits per heavy atom. The maximum atomic E-state index is 12.3. The summed E-state index contributed by atoms with van der Waals surface area (Å²) < 4.78 is 37.9. The largest absolute Gasteiger partial charge is 0.435 e. The van der Waals surface area contributed by atoms with Crippen molar-refractivity contribution < 1.29 is 13.2 Å². The van der Waals surface area contributed by atoms with Gasteiger partial charge in [0.1, 0.15) is 5.82 Å². The predicted octanol–water partition coefficient (Wildman–Crippen LogP) is 1.87. The highest BCUT2D eigenvalue weighted by molar-refractivity contribution is 5.34. The standard InChI is InChI=1S/C9H7F3N4/c10-9(11,12)6-4-5-16(15-6)8-3-1-2-7(13)14-8/h1-5H,(H2,13,14). The molecule has 0 saturated heterocycles. The van der Waals surface area contributed by atoms with Crippen molar-refractivity contribution in [1.29, 1.82) is 0 Å². The van der Waals surface area contributed by atoms with Crippen LogP contribution in [0.25, 0.3) is 5.82 Å². The maximum Gasteiger partial charge on any atom is 0.435 e. The number of nitrogens with zero attached hydrogens (tertiary/aromatic N) is 3. The third kappa shape index (κ3) is 1.97. The Morgan fingerprint density at radius 2 is 1.94 bits per heavy atom. The fourth-order valence-corrected chi connectivity index (χ4v) is 1.17. The summed E-state index contributed by atoms with van der Waals surface area (Å²) in [5.41, 5.74) is 4.45. The average molecular weight is 228 g/mol. The zero-order chi connectivity index (χ0) is 11.8. The second-order valence-electron chi connectivity index (χ2n) is 3.06. The van der Waals surface area contributed by atoms with Crippen molar-refractivity contribution in [1.82, 2.24) is 14.8 Å². The number of pyridine rings is 1. The summed E-state index contributed by atoms with van der Waals surface area (Å²) >= 11 is 0. The molecule has 0 bridgehead atoms. The van der Waals surface area contributed by atoms with Crippen LogP contribution in [-0.2, 0) is 6.18 Å². The average Bonchev–Trinajstić information content (AvgIpc) is 2.65. The molecule has 0 amide bonds. The molecule has 7 heteroatoms. The van der Waals surface area contributed by atoms with Crippen LogP contribution in [-0.4, -0.2) is 14.8 Å². The van der Waals surface area contributed by atoms with Crippen molar-refractivity contribution >= 4 is 5.82 Å². The van der Waals surface area contributed by atoms with Gasteiger partial charge >= 0.3 is 6.18 Å². The molecule has 2 rings (SSSR count). The molecule has 0 fully saturated rings. The summed E-state index contributed by atoms with van der Waals surface area (Å²) in [5.74, 6) is 0.469. The van der Waals surface area contributed by atoms with E-state index in [0.29, 0.717) is 0 Å². The van der Waals surface area contributed by atoms with Crippen LogP contribution in [0, 0.1) is 0 Å². The van der Waals surface area contributed by atoms with E-state index in [0.717, 1.165) is 10.7 Å². The first-order valence-electron chi connectivity index (χ1n) is 4.32. The van der Waals surface area contributed by atoms with E-state index in [9.17, 15) is 13.2 Å². The number of nitrogen functional groups attached to an aromatic ring is 1. The van der Waals surface area contributed by atoms with Crippen molar-refractivity contribution in [2.24, 2.45) is 0 Å². The topological polar surface area (TPSA) is 56.7 Å². The first kappa shape index (κ1) is 10.5. The Hall–Kier alpha value is -2.05. The zero-order valence-corrected chi connectivity index (χ0v) is 7.94. The third-order valence-electron chi connectivity index (χ3n) is 1.87. The number of aromatic nitrogens is 3. The lowest BCUT2D eigenvalue weighted by atomic mass is 10.4. The summed E-state index contributed by atoms with van der Waals surface area (Å²) in [5, 5.41) is 3.37. The van der Waals surface area contributed by atoms with Gasteiger partial charge in [-0.1, -0.05) is 6.07 Å². The molecule has 0 radical (unpaired) electrons. The maximum absolute atomic E-state index is 12.3. The van der Waals surface area contributed by atoms with Gasteiger partial charge in [0.2, 0.25) is 0 Å². The SMILES string of the molecule is Nc1cccc(-n2ccc(C(F)(F)F)n2)n1. The highest BCUT2D eigenvalue weighted by atomic mass is 19.4. The van der Waals surface area contributed by atoms with Crippen molar-refractivity contribution in [3.63, 3.8) is 0 Å². The Morgan fingerprint density at radius 3 is 2.50 bits per heavy atom. The van der Waals surface area contributed by atoms with Crippen LogP contribution in [0.2, 0.25) is 0 Å². The third-order valence-corrected chi connectivity index (χ3v) is 1.87. The summed E-state index contributed by atoms with van der Waals surface area (Å²) in [6.07, 6.45) is -3.27. The van der Waals surface area contributed by atoms with E-state index < -0.39 is 11.9 Å². The van der Waals surface area contributed by atoms with Crippen LogP contribution >= 0.6 is 0 Å². The molecule has 0 aliphatic carbocycles. The van der Waals surface area contributed by atoms with E-state index in [1.807, 2.05) is 0 Å². The molecule has 0 atom stereocenters. The van der Waals surface area contributed by atoms with Crippen molar-refractivity contribution in [2.45, 2.75) is 6.18 Å². The summed E-state index contributed by atoms with van der Waals surface area (Å²) in [7, 11) is 0. The monoisotopic (exact) mass is 228 g/mol. The number of hydrogen-bond donors (Lipinski definition) is 1. The van der Waals surface area contributed by atoms with E-state index >= 15 is 0 Å². The van der Waals surface area contributed by atoms with Gasteiger partial charge in [-0.2, -0.15) is 18.3 Å². The number of nitrogens with two attached hydrogens (primary N) is 1. The van der Waals surface area contributed by atoms with Gasteiger partial charge < -0.3 is 5.73 Å². The van der Waals surface area contributed by atoms with E-state index in [4.69, 9.17) is 5.73 Å². The number of halogens is 3. The minimum absolute atomic E-state index is 0.224. The number of rotatable bonds is 1. The van der Waals surface area contributed by atoms with Crippen LogP contribution < -0.4 is 5.73 Å². The van der Waals surface area contributed by atoms with Gasteiger partial charge in [0.15, 0.2) is 11.5 Å². The molecule has 2 aromatic heterocycles. The van der Waals surface area contributed by atoms with Crippen LogP contribution in [0.5, 0.6) is 0 Å². The smallest absolute Gasteiger partial charge is 0.384 e. The van der Waals surface area contributed by atoms with Crippen LogP contribution in [0.4, 0.5) is 19.0 Å². The molecule has 0 aliphatic heterocycles. The Labute approximate surface area is 88.5 Å². The minimum atomic E-state index is -4.45. The quantitative estimate of drug-likeness (QED) is 0.810. The van der Waals surface area contributed by atoms with Crippen molar-refractivity contribution in [3.05, 3.63) is 36.2 Å². The lowest BCUT2D eigenvalue weighted by molar-refractivity contribution is -0.141. The Kier molecular flexibility index (Phi) is 2.30. The summed E-state index contributed by atoms with van der Waals surface area (Å²) in [4.78, 5) is 3.85. The number of alkyl halides is 3. The van der Waals surface area contributed by atoms with Gasteiger partial charge in [-0.15, -0.1) is 0 Å². The molecule has 4 nitrogen and oxygen atoms in total. The van der Waals surface area contributed by atoms with E-state index in [2.05, 4.69) is 10.1 Å². The molecular weight excluding hydrogens is 221 g/mol. The first-order valence-corrected chi connectivity index (χ1v) is 4.32. The number of hydrogen-bond acceptors (Lipinski definition) is 3. The lowest BCUT2D eigenvalue weighted by Crippen LogP contribution is -2.08. The molecule has 84 valence electrons. The molecule has 0 unspecified atom stereocenters. The second-order valence-corrected chi connectivity index (χ2v) is 3.06. The first-order chi connectivity index (χ1) is 7.47. The van der Waals surface area contributed by atoms with Gasteiger partial charge in [0.05, 0.1) is 0 Å². The van der Waals surface area contributed by atoms with E-state index in [-0.39, 0.29) is 11.6 Å². The highest BCUT2D eigenvalue weighted by Gasteiger charge is 2.33. The second kappa shape index (κ2) is 3.51. The fourth-order valence-electron chi connectivity index (χ4n) is 1.17. The number of anilines is 1. The van der Waals surface area contributed by atoms with Crippen LogP contribution in [0.1, 0.15) is 5.69 Å². The zero-order valence-electron chi connectivity index (χ0n) is 7.94. The molecular formula is C9H7F3N4. The molecule has 0 aliphatic rings. The van der Waals surface area contributed by atoms with Crippen molar-refractivity contribution in [3.8, 4) is 5.82 Å². The summed E-state index contributed by atoms with van der Waals surface area (Å²) in [6, 6.07) is 5.53. The molecule has 0 aromatic carbocycles. The molecule has 0 spiro atoms. The highest BCUT2D eigenvalue weighted by Crippen LogP contribution is 2.27. The molecule has 2 aromatic rings. The van der Waals surface area contributed by atoms with Gasteiger partial charge in [-0.25, -0.2) is 9.67 Å². The molecule has 16 heavy (non-hydrogen) atoms. The van der Waals surface area contributed by atoms with Crippen LogP contribution in [0.15, 0.2) is 30.5 Å².